The van der Waals surface area contributed by atoms with Crippen LogP contribution in [0.4, 0.5) is 10.6 Å². The molecule has 1 aliphatic rings. The van der Waals surface area contributed by atoms with Gasteiger partial charge in [-0.15, -0.1) is 0 Å². The molecule has 0 unspecified atom stereocenters. The first-order valence-corrected chi connectivity index (χ1v) is 8.67. The average molecular weight is 334 g/mol. The third kappa shape index (κ3) is 6.09. The number of pyridine rings is 1. The lowest BCUT2D eigenvalue weighted by atomic mass is 10.2. The van der Waals surface area contributed by atoms with E-state index in [9.17, 15) is 4.79 Å². The summed E-state index contributed by atoms with van der Waals surface area (Å²) < 4.78 is 5.54. The van der Waals surface area contributed by atoms with Gasteiger partial charge in [0.2, 0.25) is 0 Å². The normalized spacial score (nSPS) is 16.8. The molecular formula is C18H30N4O2. The van der Waals surface area contributed by atoms with Gasteiger partial charge in [0.25, 0.3) is 0 Å². The molecule has 0 bridgehead atoms. The van der Waals surface area contributed by atoms with E-state index in [1.807, 2.05) is 39.0 Å². The van der Waals surface area contributed by atoms with Crippen LogP contribution in [-0.4, -0.2) is 72.8 Å². The van der Waals surface area contributed by atoms with E-state index in [2.05, 4.69) is 21.8 Å². The first kappa shape index (κ1) is 18.7. The van der Waals surface area contributed by atoms with E-state index in [0.29, 0.717) is 12.4 Å². The van der Waals surface area contributed by atoms with Crippen LogP contribution in [0.3, 0.4) is 0 Å². The van der Waals surface area contributed by atoms with Gasteiger partial charge in [-0.25, -0.2) is 9.78 Å². The van der Waals surface area contributed by atoms with Crippen molar-refractivity contribution in [1.82, 2.24) is 14.8 Å². The van der Waals surface area contributed by atoms with Gasteiger partial charge in [0.15, 0.2) is 0 Å². The summed E-state index contributed by atoms with van der Waals surface area (Å²) >= 11 is 0. The van der Waals surface area contributed by atoms with E-state index in [1.165, 1.54) is 0 Å². The van der Waals surface area contributed by atoms with Crippen LogP contribution in [-0.2, 0) is 4.74 Å². The molecule has 24 heavy (non-hydrogen) atoms. The van der Waals surface area contributed by atoms with Gasteiger partial charge < -0.3 is 14.5 Å². The Hall–Kier alpha value is -1.66. The fourth-order valence-electron chi connectivity index (χ4n) is 2.65. The molecule has 2 heterocycles. The van der Waals surface area contributed by atoms with Crippen molar-refractivity contribution in [1.29, 1.82) is 0 Å². The van der Waals surface area contributed by atoms with Crippen LogP contribution < -0.4 is 4.90 Å². The van der Waals surface area contributed by atoms with Crippen LogP contribution in [0.2, 0.25) is 0 Å². The summed E-state index contributed by atoms with van der Waals surface area (Å²) in [6, 6.07) is 5.58. The van der Waals surface area contributed by atoms with Crippen molar-refractivity contribution in [2.75, 3.05) is 51.2 Å². The second-order valence-corrected chi connectivity index (χ2v) is 7.32. The lowest BCUT2D eigenvalue weighted by Crippen LogP contribution is -2.45. The molecule has 0 radical (unpaired) electrons. The smallest absolute Gasteiger partial charge is 0.416 e. The number of amides is 1. The van der Waals surface area contributed by atoms with Gasteiger partial charge in [-0.05, 0) is 52.9 Å². The molecule has 0 saturated carbocycles. The molecule has 1 aromatic heterocycles. The number of nitrogens with zero attached hydrogens (tertiary/aromatic N) is 4. The molecule has 0 aromatic carbocycles. The molecule has 2 rings (SSSR count). The van der Waals surface area contributed by atoms with Crippen LogP contribution in [0, 0.1) is 0 Å². The topological polar surface area (TPSA) is 48.9 Å². The molecule has 0 spiro atoms. The van der Waals surface area contributed by atoms with Gasteiger partial charge in [-0.3, -0.25) is 4.90 Å². The Kier molecular flexibility index (Phi) is 6.57. The fourth-order valence-corrected chi connectivity index (χ4v) is 2.65. The molecule has 1 saturated heterocycles. The van der Waals surface area contributed by atoms with E-state index in [0.717, 1.165) is 39.1 Å². The third-order valence-corrected chi connectivity index (χ3v) is 3.99. The Balaban J connectivity index is 1.92. The van der Waals surface area contributed by atoms with Gasteiger partial charge in [-0.2, -0.15) is 0 Å². The first-order valence-electron chi connectivity index (χ1n) is 8.67. The predicted molar refractivity (Wildman–Crippen MR) is 96.4 cm³/mol. The zero-order chi connectivity index (χ0) is 17.6. The van der Waals surface area contributed by atoms with E-state index in [-0.39, 0.29) is 6.09 Å². The number of likely N-dealkylation sites (N-methyl/N-ethyl adjacent to an activating group) is 1. The largest absolute Gasteiger partial charge is 0.443 e. The highest BCUT2D eigenvalue weighted by atomic mass is 16.6. The molecule has 0 aliphatic carbocycles. The molecule has 6 nitrogen and oxygen atoms in total. The van der Waals surface area contributed by atoms with E-state index >= 15 is 0 Å². The highest BCUT2D eigenvalue weighted by Crippen LogP contribution is 2.16. The van der Waals surface area contributed by atoms with Crippen molar-refractivity contribution in [3.05, 3.63) is 24.4 Å². The second-order valence-electron chi connectivity index (χ2n) is 7.32. The maximum absolute atomic E-state index is 12.5. The standard InChI is InChI=1S/C18H30N4O2/c1-18(2,3)24-17(23)22(16-8-5-6-9-19-16)11-7-10-21-14-12-20(4)13-15-21/h5-6,8-9H,7,10-15H2,1-4H3. The number of hydrogen-bond donors (Lipinski definition) is 0. The Bertz CT molecular complexity index is 508. The van der Waals surface area contributed by atoms with Crippen molar-refractivity contribution >= 4 is 11.9 Å². The van der Waals surface area contributed by atoms with Gasteiger partial charge in [0.1, 0.15) is 11.4 Å². The summed E-state index contributed by atoms with van der Waals surface area (Å²) in [5.74, 6) is 0.644. The molecule has 1 aliphatic heterocycles. The summed E-state index contributed by atoms with van der Waals surface area (Å²) in [6.07, 6.45) is 2.27. The molecular weight excluding hydrogens is 304 g/mol. The molecule has 0 N–H and O–H groups in total. The van der Waals surface area contributed by atoms with Crippen molar-refractivity contribution < 1.29 is 9.53 Å². The average Bonchev–Trinajstić information content (AvgIpc) is 2.52. The van der Waals surface area contributed by atoms with Crippen LogP contribution in [0.15, 0.2) is 24.4 Å². The molecule has 0 atom stereocenters. The van der Waals surface area contributed by atoms with Crippen molar-refractivity contribution in [3.63, 3.8) is 0 Å². The number of carbonyl (C=O) groups excluding carboxylic acids is 1. The summed E-state index contributed by atoms with van der Waals surface area (Å²) in [5.41, 5.74) is -0.512. The number of anilines is 1. The third-order valence-electron chi connectivity index (χ3n) is 3.99. The fraction of sp³-hybridized carbons (Fsp3) is 0.667. The minimum Gasteiger partial charge on any atom is -0.443 e. The lowest BCUT2D eigenvalue weighted by molar-refractivity contribution is 0.0577. The number of hydrogen-bond acceptors (Lipinski definition) is 5. The number of piperazine rings is 1. The Morgan fingerprint density at radius 3 is 2.54 bits per heavy atom. The Morgan fingerprint density at radius 1 is 1.25 bits per heavy atom. The SMILES string of the molecule is CN1CCN(CCCN(C(=O)OC(C)(C)C)c2ccccn2)CC1. The Labute approximate surface area is 145 Å². The zero-order valence-electron chi connectivity index (χ0n) is 15.4. The quantitative estimate of drug-likeness (QED) is 0.828. The summed E-state index contributed by atoms with van der Waals surface area (Å²) in [7, 11) is 2.16. The number of ether oxygens (including phenoxy) is 1. The molecule has 1 amide bonds. The van der Waals surface area contributed by atoms with Gasteiger partial charge >= 0.3 is 6.09 Å². The molecule has 134 valence electrons. The monoisotopic (exact) mass is 334 g/mol. The molecule has 1 aromatic rings. The Morgan fingerprint density at radius 2 is 1.96 bits per heavy atom. The van der Waals surface area contributed by atoms with Crippen LogP contribution in [0.1, 0.15) is 27.2 Å². The van der Waals surface area contributed by atoms with Crippen LogP contribution in [0.25, 0.3) is 0 Å². The number of carbonyl (C=O) groups is 1. The number of rotatable bonds is 5. The summed E-state index contributed by atoms with van der Waals surface area (Å²) in [5, 5.41) is 0. The van der Waals surface area contributed by atoms with Crippen molar-refractivity contribution in [2.24, 2.45) is 0 Å². The highest BCUT2D eigenvalue weighted by molar-refractivity contribution is 5.86. The zero-order valence-corrected chi connectivity index (χ0v) is 15.4. The second kappa shape index (κ2) is 8.44. The van der Waals surface area contributed by atoms with Gasteiger partial charge in [0.05, 0.1) is 0 Å². The minimum absolute atomic E-state index is 0.334. The van der Waals surface area contributed by atoms with E-state index < -0.39 is 5.60 Å². The summed E-state index contributed by atoms with van der Waals surface area (Å²) in [4.78, 5) is 23.3. The highest BCUT2D eigenvalue weighted by Gasteiger charge is 2.24. The maximum atomic E-state index is 12.5. The van der Waals surface area contributed by atoms with Gasteiger partial charge in [-0.1, -0.05) is 6.07 Å². The molecule has 6 heteroatoms. The van der Waals surface area contributed by atoms with Crippen LogP contribution in [0.5, 0.6) is 0 Å². The molecule has 1 fully saturated rings. The van der Waals surface area contributed by atoms with Crippen LogP contribution >= 0.6 is 0 Å². The maximum Gasteiger partial charge on any atom is 0.416 e. The van der Waals surface area contributed by atoms with Gasteiger partial charge in [0, 0.05) is 38.9 Å². The first-order chi connectivity index (χ1) is 11.3. The van der Waals surface area contributed by atoms with Crippen molar-refractivity contribution in [2.45, 2.75) is 32.8 Å². The minimum atomic E-state index is -0.512. The predicted octanol–water partition coefficient (Wildman–Crippen LogP) is 2.46. The summed E-state index contributed by atoms with van der Waals surface area (Å²) in [6.45, 7) is 11.6. The van der Waals surface area contributed by atoms with Crippen molar-refractivity contribution in [3.8, 4) is 0 Å². The lowest BCUT2D eigenvalue weighted by Gasteiger charge is -2.33. The number of aromatic nitrogens is 1. The van der Waals surface area contributed by atoms with E-state index in [1.54, 1.807) is 11.1 Å². The van der Waals surface area contributed by atoms with E-state index in [4.69, 9.17) is 4.74 Å².